The SMILES string of the molecule is O=C(NCc1nccnc1Cl)[C@@H]1CC[C@H]2CCC(=O)N2C1. The first-order chi connectivity index (χ1) is 10.1. The van der Waals surface area contributed by atoms with E-state index in [-0.39, 0.29) is 24.3 Å². The molecular weight excluding hydrogens is 292 g/mol. The van der Waals surface area contributed by atoms with Gasteiger partial charge in [0.25, 0.3) is 0 Å². The van der Waals surface area contributed by atoms with Crippen LogP contribution in [-0.4, -0.2) is 39.3 Å². The Balaban J connectivity index is 1.56. The van der Waals surface area contributed by atoms with Gasteiger partial charge in [0.1, 0.15) is 0 Å². The van der Waals surface area contributed by atoms with Gasteiger partial charge in [-0.2, -0.15) is 0 Å². The van der Waals surface area contributed by atoms with E-state index in [1.807, 2.05) is 4.90 Å². The van der Waals surface area contributed by atoms with Gasteiger partial charge in [-0.25, -0.2) is 4.98 Å². The summed E-state index contributed by atoms with van der Waals surface area (Å²) in [5.41, 5.74) is 0.554. The average molecular weight is 309 g/mol. The molecule has 0 spiro atoms. The van der Waals surface area contributed by atoms with E-state index < -0.39 is 0 Å². The molecule has 0 saturated carbocycles. The Morgan fingerprint density at radius 3 is 2.95 bits per heavy atom. The number of rotatable bonds is 3. The normalized spacial score (nSPS) is 24.8. The number of halogens is 1. The van der Waals surface area contributed by atoms with Gasteiger partial charge in [0, 0.05) is 31.4 Å². The highest BCUT2D eigenvalue weighted by atomic mass is 35.5. The van der Waals surface area contributed by atoms with Crippen molar-refractivity contribution in [3.63, 3.8) is 0 Å². The van der Waals surface area contributed by atoms with E-state index >= 15 is 0 Å². The van der Waals surface area contributed by atoms with Crippen LogP contribution in [0.3, 0.4) is 0 Å². The van der Waals surface area contributed by atoms with Crippen LogP contribution >= 0.6 is 11.6 Å². The van der Waals surface area contributed by atoms with Crippen LogP contribution in [0.15, 0.2) is 12.4 Å². The molecular formula is C14H17ClN4O2. The predicted octanol–water partition coefficient (Wildman–Crippen LogP) is 1.15. The number of carbonyl (C=O) groups excluding carboxylic acids is 2. The van der Waals surface area contributed by atoms with Crippen molar-refractivity contribution in [1.82, 2.24) is 20.2 Å². The number of hydrogen-bond acceptors (Lipinski definition) is 4. The molecule has 2 aliphatic heterocycles. The van der Waals surface area contributed by atoms with Crippen LogP contribution in [0.1, 0.15) is 31.4 Å². The molecule has 2 atom stereocenters. The monoisotopic (exact) mass is 308 g/mol. The first kappa shape index (κ1) is 14.3. The van der Waals surface area contributed by atoms with E-state index in [2.05, 4.69) is 15.3 Å². The maximum Gasteiger partial charge on any atom is 0.225 e. The van der Waals surface area contributed by atoms with Gasteiger partial charge in [0.2, 0.25) is 11.8 Å². The van der Waals surface area contributed by atoms with Crippen molar-refractivity contribution in [1.29, 1.82) is 0 Å². The predicted molar refractivity (Wildman–Crippen MR) is 76.3 cm³/mol. The lowest BCUT2D eigenvalue weighted by Gasteiger charge is -2.34. The molecule has 6 nitrogen and oxygen atoms in total. The van der Waals surface area contributed by atoms with Crippen molar-refractivity contribution in [2.75, 3.05) is 6.54 Å². The number of piperidine rings is 1. The van der Waals surface area contributed by atoms with Crippen LogP contribution < -0.4 is 5.32 Å². The van der Waals surface area contributed by atoms with Crippen molar-refractivity contribution in [2.45, 2.75) is 38.3 Å². The quantitative estimate of drug-likeness (QED) is 0.909. The molecule has 0 radical (unpaired) electrons. The summed E-state index contributed by atoms with van der Waals surface area (Å²) in [4.78, 5) is 33.9. The second-order valence-corrected chi connectivity index (χ2v) is 5.88. The van der Waals surface area contributed by atoms with Crippen LogP contribution in [-0.2, 0) is 16.1 Å². The van der Waals surface area contributed by atoms with Gasteiger partial charge in [0.15, 0.2) is 5.15 Å². The van der Waals surface area contributed by atoms with Crippen LogP contribution in [0, 0.1) is 5.92 Å². The minimum Gasteiger partial charge on any atom is -0.350 e. The number of aromatic nitrogens is 2. The third-order valence-electron chi connectivity index (χ3n) is 4.24. The molecule has 1 aromatic rings. The van der Waals surface area contributed by atoms with Crippen LogP contribution in [0.5, 0.6) is 0 Å². The molecule has 0 bridgehead atoms. The fourth-order valence-corrected chi connectivity index (χ4v) is 3.24. The second kappa shape index (κ2) is 5.97. The largest absolute Gasteiger partial charge is 0.350 e. The van der Waals surface area contributed by atoms with Gasteiger partial charge in [-0.05, 0) is 19.3 Å². The van der Waals surface area contributed by atoms with Gasteiger partial charge >= 0.3 is 0 Å². The van der Waals surface area contributed by atoms with E-state index in [9.17, 15) is 9.59 Å². The number of hydrogen-bond donors (Lipinski definition) is 1. The third-order valence-corrected chi connectivity index (χ3v) is 4.56. The summed E-state index contributed by atoms with van der Waals surface area (Å²) < 4.78 is 0. The molecule has 2 fully saturated rings. The van der Waals surface area contributed by atoms with Crippen molar-refractivity contribution < 1.29 is 9.59 Å². The zero-order chi connectivity index (χ0) is 14.8. The molecule has 1 N–H and O–H groups in total. The highest BCUT2D eigenvalue weighted by Crippen LogP contribution is 2.30. The highest BCUT2D eigenvalue weighted by molar-refractivity contribution is 6.29. The zero-order valence-electron chi connectivity index (χ0n) is 11.6. The molecule has 3 rings (SSSR count). The molecule has 0 aromatic carbocycles. The second-order valence-electron chi connectivity index (χ2n) is 5.52. The Hall–Kier alpha value is -1.69. The molecule has 1 aromatic heterocycles. The van der Waals surface area contributed by atoms with Crippen LogP contribution in [0.4, 0.5) is 0 Å². The first-order valence-electron chi connectivity index (χ1n) is 7.17. The summed E-state index contributed by atoms with van der Waals surface area (Å²) in [7, 11) is 0. The standard InChI is InChI=1S/C14H17ClN4O2/c15-13-11(16-5-6-17-13)7-18-14(21)9-1-2-10-3-4-12(20)19(10)8-9/h5-6,9-10H,1-4,7-8H2,(H,18,21)/t9-,10+/m1/s1. The van der Waals surface area contributed by atoms with E-state index in [1.54, 1.807) is 6.20 Å². The van der Waals surface area contributed by atoms with E-state index in [0.717, 1.165) is 19.3 Å². The maximum absolute atomic E-state index is 12.2. The minimum atomic E-state index is -0.140. The van der Waals surface area contributed by atoms with Crippen LogP contribution in [0.25, 0.3) is 0 Å². The summed E-state index contributed by atoms with van der Waals surface area (Å²) in [5, 5.41) is 3.14. The molecule has 2 amide bonds. The fraction of sp³-hybridized carbons (Fsp3) is 0.571. The Labute approximate surface area is 127 Å². The Kier molecular flexibility index (Phi) is 4.05. The Bertz CT molecular complexity index is 566. The molecule has 7 heteroatoms. The van der Waals surface area contributed by atoms with Crippen molar-refractivity contribution in [2.24, 2.45) is 5.92 Å². The lowest BCUT2D eigenvalue weighted by molar-refractivity contribution is -0.134. The molecule has 0 unspecified atom stereocenters. The topological polar surface area (TPSA) is 75.2 Å². The zero-order valence-corrected chi connectivity index (χ0v) is 12.3. The average Bonchev–Trinajstić information content (AvgIpc) is 2.87. The molecule has 21 heavy (non-hydrogen) atoms. The van der Waals surface area contributed by atoms with Gasteiger partial charge in [0.05, 0.1) is 18.2 Å². The van der Waals surface area contributed by atoms with Crippen LogP contribution in [0.2, 0.25) is 5.15 Å². The first-order valence-corrected chi connectivity index (χ1v) is 7.55. The Morgan fingerprint density at radius 2 is 2.14 bits per heavy atom. The smallest absolute Gasteiger partial charge is 0.225 e. The summed E-state index contributed by atoms with van der Waals surface area (Å²) in [6.07, 6.45) is 6.34. The summed E-state index contributed by atoms with van der Waals surface area (Å²) in [5.74, 6) is -0.0110. The van der Waals surface area contributed by atoms with E-state index in [0.29, 0.717) is 29.9 Å². The molecule has 0 aliphatic carbocycles. The lowest BCUT2D eigenvalue weighted by atomic mass is 9.92. The minimum absolute atomic E-state index is 0.0464. The van der Waals surface area contributed by atoms with E-state index in [4.69, 9.17) is 11.6 Å². The van der Waals surface area contributed by atoms with Crippen molar-refractivity contribution in [3.05, 3.63) is 23.2 Å². The molecule has 2 saturated heterocycles. The fourth-order valence-electron chi connectivity index (χ4n) is 3.06. The summed E-state index contributed by atoms with van der Waals surface area (Å²) >= 11 is 5.91. The number of nitrogens with one attached hydrogen (secondary N) is 1. The third kappa shape index (κ3) is 3.00. The van der Waals surface area contributed by atoms with Crippen molar-refractivity contribution >= 4 is 23.4 Å². The highest BCUT2D eigenvalue weighted by Gasteiger charge is 2.38. The van der Waals surface area contributed by atoms with Gasteiger partial charge in [-0.15, -0.1) is 0 Å². The summed E-state index contributed by atoms with van der Waals surface area (Å²) in [6.45, 7) is 0.795. The van der Waals surface area contributed by atoms with Gasteiger partial charge in [-0.3, -0.25) is 14.6 Å². The number of amides is 2. The Morgan fingerprint density at radius 1 is 1.33 bits per heavy atom. The molecule has 112 valence electrons. The van der Waals surface area contributed by atoms with Gasteiger partial charge in [-0.1, -0.05) is 11.6 Å². The number of nitrogens with zero attached hydrogens (tertiary/aromatic N) is 3. The van der Waals surface area contributed by atoms with Gasteiger partial charge < -0.3 is 10.2 Å². The van der Waals surface area contributed by atoms with E-state index in [1.165, 1.54) is 6.20 Å². The van der Waals surface area contributed by atoms with Crippen molar-refractivity contribution in [3.8, 4) is 0 Å². The molecule has 3 heterocycles. The number of carbonyl (C=O) groups is 2. The summed E-state index contributed by atoms with van der Waals surface area (Å²) in [6, 6.07) is 0.344. The number of fused-ring (bicyclic) bond motifs is 1. The molecule has 2 aliphatic rings. The lowest BCUT2D eigenvalue weighted by Crippen LogP contribution is -2.46. The maximum atomic E-state index is 12.2.